The van der Waals surface area contributed by atoms with Crippen molar-refractivity contribution in [1.29, 1.82) is 0 Å². The molecule has 0 N–H and O–H groups in total. The van der Waals surface area contributed by atoms with Crippen LogP contribution in [0.5, 0.6) is 17.2 Å². The maximum absolute atomic E-state index is 5.04. The van der Waals surface area contributed by atoms with Gasteiger partial charge in [-0.2, -0.15) is 0 Å². The second-order valence-corrected chi connectivity index (χ2v) is 2.25. The lowest BCUT2D eigenvalue weighted by atomic mass is 10.3. The van der Waals surface area contributed by atoms with Gasteiger partial charge in [-0.3, -0.25) is 4.70 Å². The van der Waals surface area contributed by atoms with Crippen molar-refractivity contribution in [3.63, 3.8) is 0 Å². The fourth-order valence-corrected chi connectivity index (χ4v) is 0.899. The van der Waals surface area contributed by atoms with Gasteiger partial charge in [-0.15, -0.1) is 0 Å². The molecule has 0 aromatic heterocycles. The largest absolute Gasteiger partial charge is 0.496 e. The first-order valence-corrected chi connectivity index (χ1v) is 3.57. The van der Waals surface area contributed by atoms with Gasteiger partial charge >= 0.3 is 0 Å². The minimum absolute atomic E-state index is 0. The molecule has 0 atom stereocenters. The molecule has 0 fully saturated rings. The molecule has 0 aliphatic rings. The molecule has 0 spiro atoms. The van der Waals surface area contributed by atoms with Crippen LogP contribution < -0.4 is 14.2 Å². The molecule has 4 heteroatoms. The highest BCUT2D eigenvalue weighted by atomic mass is 19.0. The fraction of sp³-hybridized carbons (Fsp3) is 0.333. The van der Waals surface area contributed by atoms with E-state index in [0.717, 1.165) is 17.2 Å². The van der Waals surface area contributed by atoms with Gasteiger partial charge in [0.2, 0.25) is 0 Å². The molecule has 1 aromatic rings. The van der Waals surface area contributed by atoms with Crippen LogP contribution in [0.3, 0.4) is 0 Å². The Labute approximate surface area is 76.6 Å². The first-order valence-electron chi connectivity index (χ1n) is 3.57. The molecule has 0 aliphatic carbocycles. The third kappa shape index (κ3) is 2.82. The van der Waals surface area contributed by atoms with Crippen LogP contribution >= 0.6 is 0 Å². The Hall–Kier alpha value is -1.45. The van der Waals surface area contributed by atoms with Crippen LogP contribution in [-0.4, -0.2) is 21.3 Å². The van der Waals surface area contributed by atoms with E-state index in [1.54, 1.807) is 39.5 Å². The van der Waals surface area contributed by atoms with Gasteiger partial charge < -0.3 is 14.2 Å². The minimum atomic E-state index is 0. The highest BCUT2D eigenvalue weighted by Gasteiger charge is 2.00. The first kappa shape index (κ1) is 11.6. The molecule has 0 unspecified atom stereocenters. The number of halogens is 1. The van der Waals surface area contributed by atoms with Crippen LogP contribution in [0.15, 0.2) is 18.2 Å². The van der Waals surface area contributed by atoms with Crippen molar-refractivity contribution < 1.29 is 18.9 Å². The van der Waals surface area contributed by atoms with Crippen molar-refractivity contribution in [3.05, 3.63) is 18.2 Å². The summed E-state index contributed by atoms with van der Waals surface area (Å²) in [6.07, 6.45) is 0. The van der Waals surface area contributed by atoms with E-state index < -0.39 is 0 Å². The summed E-state index contributed by atoms with van der Waals surface area (Å²) >= 11 is 0. The molecule has 3 nitrogen and oxygen atoms in total. The first-order chi connectivity index (χ1) is 5.80. The minimum Gasteiger partial charge on any atom is -0.496 e. The third-order valence-electron chi connectivity index (χ3n) is 1.56. The van der Waals surface area contributed by atoms with E-state index >= 15 is 0 Å². The van der Waals surface area contributed by atoms with E-state index in [9.17, 15) is 0 Å². The van der Waals surface area contributed by atoms with Gasteiger partial charge in [-0.25, -0.2) is 0 Å². The zero-order valence-corrected chi connectivity index (χ0v) is 7.87. The molecular formula is C9H13FO3. The number of methoxy groups -OCH3 is 3. The maximum Gasteiger partial charge on any atom is 0.126 e. The summed E-state index contributed by atoms with van der Waals surface area (Å²) in [6, 6.07) is 5.38. The van der Waals surface area contributed by atoms with Gasteiger partial charge in [0, 0.05) is 18.2 Å². The van der Waals surface area contributed by atoms with Crippen molar-refractivity contribution in [1.82, 2.24) is 0 Å². The van der Waals surface area contributed by atoms with E-state index in [0.29, 0.717) is 0 Å². The third-order valence-corrected chi connectivity index (χ3v) is 1.56. The number of hydrogen-bond donors (Lipinski definition) is 0. The summed E-state index contributed by atoms with van der Waals surface area (Å²) in [7, 11) is 4.82. The summed E-state index contributed by atoms with van der Waals surface area (Å²) in [5.41, 5.74) is 0. The molecule has 13 heavy (non-hydrogen) atoms. The van der Waals surface area contributed by atoms with Crippen LogP contribution in [0.4, 0.5) is 4.70 Å². The maximum atomic E-state index is 5.04. The van der Waals surface area contributed by atoms with Gasteiger partial charge in [-0.05, 0) is 0 Å². The Morgan fingerprint density at radius 3 is 1.08 bits per heavy atom. The Morgan fingerprint density at radius 1 is 0.692 bits per heavy atom. The predicted molar refractivity (Wildman–Crippen MR) is 48.6 cm³/mol. The number of rotatable bonds is 3. The van der Waals surface area contributed by atoms with Crippen molar-refractivity contribution in [2.75, 3.05) is 21.3 Å². The monoisotopic (exact) mass is 188 g/mol. The molecule has 0 aliphatic heterocycles. The van der Waals surface area contributed by atoms with Gasteiger partial charge in [-0.1, -0.05) is 0 Å². The summed E-state index contributed by atoms with van der Waals surface area (Å²) in [6.45, 7) is 0. The summed E-state index contributed by atoms with van der Waals surface area (Å²) in [4.78, 5) is 0. The Morgan fingerprint density at radius 2 is 0.923 bits per heavy atom. The summed E-state index contributed by atoms with van der Waals surface area (Å²) in [5, 5.41) is 0. The normalized spacial score (nSPS) is 8.54. The van der Waals surface area contributed by atoms with Crippen molar-refractivity contribution >= 4 is 0 Å². The Bertz CT molecular complexity index is 208. The van der Waals surface area contributed by atoms with Crippen molar-refractivity contribution in [2.24, 2.45) is 0 Å². The van der Waals surface area contributed by atoms with Gasteiger partial charge in [0.05, 0.1) is 21.3 Å². The zero-order chi connectivity index (χ0) is 8.97. The Kier molecular flexibility index (Phi) is 4.66. The average molecular weight is 188 g/mol. The van der Waals surface area contributed by atoms with Crippen LogP contribution in [0, 0.1) is 0 Å². The van der Waals surface area contributed by atoms with Crippen LogP contribution in [0.25, 0.3) is 0 Å². The molecule has 0 radical (unpaired) electrons. The zero-order valence-electron chi connectivity index (χ0n) is 7.87. The summed E-state index contributed by atoms with van der Waals surface area (Å²) in [5.74, 6) is 2.18. The number of benzene rings is 1. The second-order valence-electron chi connectivity index (χ2n) is 2.25. The molecule has 0 bridgehead atoms. The highest BCUT2D eigenvalue weighted by molar-refractivity contribution is 5.41. The lowest BCUT2D eigenvalue weighted by Crippen LogP contribution is -1.89. The molecule has 1 rings (SSSR count). The smallest absolute Gasteiger partial charge is 0.126 e. The second kappa shape index (κ2) is 5.24. The highest BCUT2D eigenvalue weighted by Crippen LogP contribution is 2.26. The quantitative estimate of drug-likeness (QED) is 0.724. The van der Waals surface area contributed by atoms with Crippen molar-refractivity contribution in [3.8, 4) is 17.2 Å². The molecule has 74 valence electrons. The summed E-state index contributed by atoms with van der Waals surface area (Å²) < 4.78 is 15.1. The molecule has 0 heterocycles. The molecule has 0 saturated heterocycles. The van der Waals surface area contributed by atoms with Crippen LogP contribution in [0.2, 0.25) is 0 Å². The molecule has 1 aromatic carbocycles. The number of ether oxygens (including phenoxy) is 3. The average Bonchev–Trinajstić information content (AvgIpc) is 2.16. The van der Waals surface area contributed by atoms with E-state index in [4.69, 9.17) is 14.2 Å². The van der Waals surface area contributed by atoms with Crippen molar-refractivity contribution in [2.45, 2.75) is 0 Å². The van der Waals surface area contributed by atoms with Gasteiger partial charge in [0.1, 0.15) is 17.2 Å². The van der Waals surface area contributed by atoms with Gasteiger partial charge in [0.25, 0.3) is 0 Å². The molecule has 0 saturated carbocycles. The SMILES string of the molecule is COc1cc(OC)cc(OC)c1.F. The lowest BCUT2D eigenvalue weighted by Gasteiger charge is -2.06. The Balaban J connectivity index is 0.00000144. The predicted octanol–water partition coefficient (Wildman–Crippen LogP) is 1.86. The lowest BCUT2D eigenvalue weighted by molar-refractivity contribution is 0.375. The van der Waals surface area contributed by atoms with Crippen LogP contribution in [0.1, 0.15) is 0 Å². The van der Waals surface area contributed by atoms with E-state index in [2.05, 4.69) is 0 Å². The van der Waals surface area contributed by atoms with E-state index in [1.165, 1.54) is 0 Å². The molecule has 0 amide bonds. The van der Waals surface area contributed by atoms with E-state index in [1.807, 2.05) is 0 Å². The topological polar surface area (TPSA) is 27.7 Å². The van der Waals surface area contributed by atoms with Gasteiger partial charge in [0.15, 0.2) is 0 Å². The molecular weight excluding hydrogens is 175 g/mol. The van der Waals surface area contributed by atoms with Crippen LogP contribution in [-0.2, 0) is 0 Å². The standard InChI is InChI=1S/C9H12O3.FH/c1-10-7-4-8(11-2)6-9(5-7)12-3;/h4-6H,1-3H3;1H. The number of hydrogen-bond acceptors (Lipinski definition) is 3. The fourth-order valence-electron chi connectivity index (χ4n) is 0.899. The van der Waals surface area contributed by atoms with E-state index in [-0.39, 0.29) is 4.70 Å².